The number of ether oxygens (including phenoxy) is 1. The van der Waals surface area contributed by atoms with Crippen molar-refractivity contribution in [3.63, 3.8) is 0 Å². The second kappa shape index (κ2) is 16.9. The minimum absolute atomic E-state index is 0.0916. The van der Waals surface area contributed by atoms with Gasteiger partial charge in [-0.1, -0.05) is 46.6 Å². The van der Waals surface area contributed by atoms with E-state index in [1.165, 1.54) is 16.7 Å². The van der Waals surface area contributed by atoms with Crippen molar-refractivity contribution >= 4 is 17.9 Å². The van der Waals surface area contributed by atoms with Crippen molar-refractivity contribution in [3.05, 3.63) is 46.6 Å². The van der Waals surface area contributed by atoms with Crippen LogP contribution in [0.3, 0.4) is 0 Å². The van der Waals surface area contributed by atoms with E-state index in [1.54, 1.807) is 6.08 Å². The maximum Gasteiger partial charge on any atom is 0.333 e. The first kappa shape index (κ1) is 30.3. The Hall–Kier alpha value is -2.67. The third kappa shape index (κ3) is 15.7. The van der Waals surface area contributed by atoms with Crippen LogP contribution in [0.15, 0.2) is 46.6 Å². The molecule has 0 aromatic heterocycles. The van der Waals surface area contributed by atoms with Crippen molar-refractivity contribution in [3.8, 4) is 0 Å². The Bertz CT molecular complexity index is 768. The molecule has 7 nitrogen and oxygen atoms in total. The molecule has 0 amide bonds. The quantitative estimate of drug-likeness (QED) is 0.233. The molecule has 0 aliphatic heterocycles. The number of aliphatic carboxylic acids is 3. The molecule has 0 aromatic carbocycles. The Kier molecular flexibility index (Phi) is 15.5. The molecule has 0 fully saturated rings. The average molecular weight is 465 g/mol. The van der Waals surface area contributed by atoms with Crippen molar-refractivity contribution < 1.29 is 34.4 Å². The number of carbonyl (C=O) groups is 3. The highest BCUT2D eigenvalue weighted by molar-refractivity contribution is 5.85. The van der Waals surface area contributed by atoms with Gasteiger partial charge in [0.05, 0.1) is 13.0 Å². The van der Waals surface area contributed by atoms with Gasteiger partial charge in [-0.15, -0.1) is 0 Å². The molecule has 0 aliphatic rings. The molecular formula is C26H40O7. The minimum atomic E-state index is -1.72. The highest BCUT2D eigenvalue weighted by Gasteiger charge is 2.36. The van der Waals surface area contributed by atoms with Crippen LogP contribution in [-0.4, -0.2) is 45.9 Å². The van der Waals surface area contributed by atoms with Gasteiger partial charge >= 0.3 is 17.9 Å². The monoisotopic (exact) mass is 464 g/mol. The number of carboxylic acids is 3. The summed E-state index contributed by atoms with van der Waals surface area (Å²) in [5, 5.41) is 27.2. The Morgan fingerprint density at radius 2 is 1.15 bits per heavy atom. The van der Waals surface area contributed by atoms with Gasteiger partial charge in [0.1, 0.15) is 5.92 Å². The van der Waals surface area contributed by atoms with Crippen molar-refractivity contribution in [1.29, 1.82) is 0 Å². The highest BCUT2D eigenvalue weighted by Crippen LogP contribution is 2.16. The predicted octanol–water partition coefficient (Wildman–Crippen LogP) is 5.78. The van der Waals surface area contributed by atoms with Gasteiger partial charge in [-0.05, 0) is 73.1 Å². The lowest BCUT2D eigenvalue weighted by Gasteiger charge is -2.18. The molecule has 3 N–H and O–H groups in total. The van der Waals surface area contributed by atoms with Crippen molar-refractivity contribution in [2.75, 3.05) is 6.61 Å². The molecule has 0 rings (SSSR count). The van der Waals surface area contributed by atoms with Crippen molar-refractivity contribution in [1.82, 2.24) is 0 Å². The molecule has 7 heteroatoms. The molecule has 0 aliphatic carbocycles. The normalized spacial score (nSPS) is 14.5. The van der Waals surface area contributed by atoms with E-state index in [1.807, 2.05) is 6.92 Å². The van der Waals surface area contributed by atoms with Gasteiger partial charge in [0.2, 0.25) is 0 Å². The second-order valence-electron chi connectivity index (χ2n) is 8.68. The fraction of sp³-hybridized carbons (Fsp3) is 0.577. The summed E-state index contributed by atoms with van der Waals surface area (Å²) in [4.78, 5) is 33.4. The molecule has 0 aromatic rings. The fourth-order valence-electron chi connectivity index (χ4n) is 3.15. The molecule has 0 spiro atoms. The lowest BCUT2D eigenvalue weighted by Crippen LogP contribution is -2.38. The van der Waals surface area contributed by atoms with Gasteiger partial charge < -0.3 is 20.1 Å². The van der Waals surface area contributed by atoms with Crippen LogP contribution in [0.2, 0.25) is 0 Å². The lowest BCUT2D eigenvalue weighted by atomic mass is 9.98. The third-order valence-electron chi connectivity index (χ3n) is 5.18. The zero-order chi connectivity index (χ0) is 25.4. The number of carboxylic acid groups (broad SMARTS) is 3. The first-order valence-corrected chi connectivity index (χ1v) is 11.3. The smallest absolute Gasteiger partial charge is 0.333 e. The summed E-state index contributed by atoms with van der Waals surface area (Å²) in [5.74, 6) is -6.04. The molecule has 0 saturated carbocycles. The van der Waals surface area contributed by atoms with Crippen molar-refractivity contribution in [2.24, 2.45) is 5.92 Å². The van der Waals surface area contributed by atoms with E-state index in [4.69, 9.17) is 14.9 Å². The van der Waals surface area contributed by atoms with Crippen LogP contribution >= 0.6 is 0 Å². The first-order valence-electron chi connectivity index (χ1n) is 11.3. The van der Waals surface area contributed by atoms with Crippen molar-refractivity contribution in [2.45, 2.75) is 85.7 Å². The van der Waals surface area contributed by atoms with Crippen LogP contribution in [0.4, 0.5) is 0 Å². The van der Waals surface area contributed by atoms with Crippen LogP contribution in [0.25, 0.3) is 0 Å². The molecule has 0 unspecified atom stereocenters. The Labute approximate surface area is 197 Å². The van der Waals surface area contributed by atoms with Crippen LogP contribution in [-0.2, 0) is 19.1 Å². The largest absolute Gasteiger partial charge is 0.481 e. The van der Waals surface area contributed by atoms with Crippen LogP contribution < -0.4 is 0 Å². The standard InChI is InChI=1S/C26H40O7/c1-18(2)9-6-10-19(3)11-7-12-20(4)13-8-14-21(5)15-16-33-24(26(31)32)22(25(29)30)17-23(27)28/h9,11,13,15,22,24H,6-8,10,12,14,16-17H2,1-5H3,(H,27,28)(H,29,30)(H,31,32)/b19-11+,20-13+,21-15+/t22-,24+/m0/s1. The molecule has 186 valence electrons. The summed E-state index contributed by atoms with van der Waals surface area (Å²) in [6, 6.07) is 0. The van der Waals surface area contributed by atoms with Gasteiger partial charge in [0, 0.05) is 0 Å². The van der Waals surface area contributed by atoms with E-state index >= 15 is 0 Å². The van der Waals surface area contributed by atoms with E-state index in [2.05, 4.69) is 45.9 Å². The van der Waals surface area contributed by atoms with Crippen LogP contribution in [0.5, 0.6) is 0 Å². The average Bonchev–Trinajstić information content (AvgIpc) is 2.69. The predicted molar refractivity (Wildman–Crippen MR) is 129 cm³/mol. The Morgan fingerprint density at radius 1 is 0.697 bits per heavy atom. The summed E-state index contributed by atoms with van der Waals surface area (Å²) in [5.41, 5.74) is 5.06. The van der Waals surface area contributed by atoms with Gasteiger partial charge in [-0.25, -0.2) is 4.79 Å². The summed E-state index contributed by atoms with van der Waals surface area (Å²) in [6.45, 7) is 10.3. The number of rotatable bonds is 17. The SMILES string of the molecule is CC(C)=CCC/C(C)=C/CC/C(C)=C/CC/C(C)=C/CO[C@@H](C(=O)O)[C@H](CC(=O)O)C(=O)O. The fourth-order valence-corrected chi connectivity index (χ4v) is 3.15. The molecular weight excluding hydrogens is 424 g/mol. The first-order chi connectivity index (χ1) is 15.4. The molecule has 2 atom stereocenters. The minimum Gasteiger partial charge on any atom is -0.481 e. The van der Waals surface area contributed by atoms with E-state index in [-0.39, 0.29) is 6.61 Å². The summed E-state index contributed by atoms with van der Waals surface area (Å²) in [6.07, 6.45) is 11.7. The van der Waals surface area contributed by atoms with Gasteiger partial charge in [0.15, 0.2) is 6.10 Å². The zero-order valence-corrected chi connectivity index (χ0v) is 20.6. The molecule has 0 bridgehead atoms. The second-order valence-corrected chi connectivity index (χ2v) is 8.68. The number of hydrogen-bond acceptors (Lipinski definition) is 4. The number of hydrogen-bond donors (Lipinski definition) is 3. The molecule has 33 heavy (non-hydrogen) atoms. The molecule has 0 heterocycles. The van der Waals surface area contributed by atoms with Gasteiger partial charge in [-0.3, -0.25) is 9.59 Å². The lowest BCUT2D eigenvalue weighted by molar-refractivity contribution is -0.165. The maximum atomic E-state index is 11.3. The maximum absolute atomic E-state index is 11.3. The Morgan fingerprint density at radius 3 is 1.55 bits per heavy atom. The summed E-state index contributed by atoms with van der Waals surface area (Å²) < 4.78 is 5.20. The summed E-state index contributed by atoms with van der Waals surface area (Å²) >= 11 is 0. The Balaban J connectivity index is 4.52. The van der Waals surface area contributed by atoms with Gasteiger partial charge in [0.25, 0.3) is 0 Å². The zero-order valence-electron chi connectivity index (χ0n) is 20.6. The van der Waals surface area contributed by atoms with E-state index in [9.17, 15) is 19.5 Å². The third-order valence-corrected chi connectivity index (χ3v) is 5.18. The van der Waals surface area contributed by atoms with E-state index in [0.29, 0.717) is 0 Å². The van der Waals surface area contributed by atoms with E-state index < -0.39 is 36.4 Å². The van der Waals surface area contributed by atoms with E-state index in [0.717, 1.165) is 44.1 Å². The van der Waals surface area contributed by atoms with Crippen LogP contribution in [0.1, 0.15) is 79.6 Å². The molecule has 0 radical (unpaired) electrons. The summed E-state index contributed by atoms with van der Waals surface area (Å²) in [7, 11) is 0. The highest BCUT2D eigenvalue weighted by atomic mass is 16.5. The number of allylic oxidation sites excluding steroid dienone is 7. The molecule has 0 saturated heterocycles. The topological polar surface area (TPSA) is 121 Å². The van der Waals surface area contributed by atoms with Crippen LogP contribution in [0, 0.1) is 5.92 Å². The van der Waals surface area contributed by atoms with Gasteiger partial charge in [-0.2, -0.15) is 0 Å².